The van der Waals surface area contributed by atoms with Crippen LogP contribution in [0.5, 0.6) is 0 Å². The fourth-order valence-electron chi connectivity index (χ4n) is 4.04. The fourth-order valence-corrected chi connectivity index (χ4v) is 4.04. The highest BCUT2D eigenvalue weighted by atomic mass is 16.3. The standard InChI is InChI=1S/C18H38N2O/c1-6-19-18(14-21)10-7-8-17(18)9-11-20(12-15(2)3)13-16(4)5/h15-17,19,21H,6-14H2,1-5H3. The molecular weight excluding hydrogens is 260 g/mol. The molecule has 126 valence electrons. The van der Waals surface area contributed by atoms with Gasteiger partial charge in [-0.15, -0.1) is 0 Å². The maximum Gasteiger partial charge on any atom is 0.0616 e. The molecule has 0 heterocycles. The molecule has 1 fully saturated rings. The van der Waals surface area contributed by atoms with Crippen LogP contribution in [0, 0.1) is 17.8 Å². The quantitative estimate of drug-likeness (QED) is 0.650. The Morgan fingerprint density at radius 3 is 2.29 bits per heavy atom. The number of nitrogens with zero attached hydrogens (tertiary/aromatic N) is 1. The number of hydrogen-bond acceptors (Lipinski definition) is 3. The molecule has 2 N–H and O–H groups in total. The predicted molar refractivity (Wildman–Crippen MR) is 91.6 cm³/mol. The molecule has 0 radical (unpaired) electrons. The summed E-state index contributed by atoms with van der Waals surface area (Å²) in [7, 11) is 0. The van der Waals surface area contributed by atoms with E-state index in [9.17, 15) is 5.11 Å². The van der Waals surface area contributed by atoms with E-state index in [4.69, 9.17) is 0 Å². The highest BCUT2D eigenvalue weighted by molar-refractivity contribution is 4.98. The summed E-state index contributed by atoms with van der Waals surface area (Å²) in [4.78, 5) is 2.63. The topological polar surface area (TPSA) is 35.5 Å². The molecule has 21 heavy (non-hydrogen) atoms. The van der Waals surface area contributed by atoms with Gasteiger partial charge in [0.25, 0.3) is 0 Å². The minimum atomic E-state index is -0.00389. The van der Waals surface area contributed by atoms with Gasteiger partial charge < -0.3 is 15.3 Å². The highest BCUT2D eigenvalue weighted by Gasteiger charge is 2.41. The van der Waals surface area contributed by atoms with Crippen molar-refractivity contribution >= 4 is 0 Å². The van der Waals surface area contributed by atoms with Crippen LogP contribution in [0.25, 0.3) is 0 Å². The fraction of sp³-hybridized carbons (Fsp3) is 1.00. The molecule has 2 atom stereocenters. The second-order valence-corrected chi connectivity index (χ2v) is 7.77. The van der Waals surface area contributed by atoms with E-state index in [1.165, 1.54) is 38.9 Å². The molecule has 2 unspecified atom stereocenters. The highest BCUT2D eigenvalue weighted by Crippen LogP contribution is 2.37. The van der Waals surface area contributed by atoms with E-state index in [1.54, 1.807) is 0 Å². The Bertz CT molecular complexity index is 270. The van der Waals surface area contributed by atoms with E-state index in [0.717, 1.165) is 24.8 Å². The third kappa shape index (κ3) is 5.88. The van der Waals surface area contributed by atoms with Crippen LogP contribution < -0.4 is 5.32 Å². The Balaban J connectivity index is 2.56. The van der Waals surface area contributed by atoms with Gasteiger partial charge in [-0.05, 0) is 50.1 Å². The van der Waals surface area contributed by atoms with Crippen molar-refractivity contribution in [2.45, 2.75) is 65.8 Å². The van der Waals surface area contributed by atoms with Crippen LogP contribution in [0.4, 0.5) is 0 Å². The van der Waals surface area contributed by atoms with Crippen molar-refractivity contribution in [1.82, 2.24) is 10.2 Å². The lowest BCUT2D eigenvalue weighted by molar-refractivity contribution is 0.109. The third-order valence-corrected chi connectivity index (χ3v) is 4.81. The molecule has 0 aliphatic heterocycles. The average molecular weight is 299 g/mol. The van der Waals surface area contributed by atoms with E-state index >= 15 is 0 Å². The van der Waals surface area contributed by atoms with E-state index in [1.807, 2.05) is 0 Å². The van der Waals surface area contributed by atoms with Gasteiger partial charge in [0.1, 0.15) is 0 Å². The SMILES string of the molecule is CCNC1(CO)CCCC1CCN(CC(C)C)CC(C)C. The zero-order valence-corrected chi connectivity index (χ0v) is 15.0. The van der Waals surface area contributed by atoms with Crippen molar-refractivity contribution in [2.24, 2.45) is 17.8 Å². The summed E-state index contributed by atoms with van der Waals surface area (Å²) >= 11 is 0. The Morgan fingerprint density at radius 2 is 1.81 bits per heavy atom. The number of hydrogen-bond donors (Lipinski definition) is 2. The van der Waals surface area contributed by atoms with Crippen LogP contribution in [0.2, 0.25) is 0 Å². The van der Waals surface area contributed by atoms with E-state index < -0.39 is 0 Å². The van der Waals surface area contributed by atoms with Gasteiger partial charge in [-0.3, -0.25) is 0 Å². The lowest BCUT2D eigenvalue weighted by Crippen LogP contribution is -2.52. The van der Waals surface area contributed by atoms with Crippen LogP contribution in [-0.2, 0) is 0 Å². The molecule has 1 saturated carbocycles. The Hall–Kier alpha value is -0.120. The van der Waals surface area contributed by atoms with Gasteiger partial charge in [0.2, 0.25) is 0 Å². The normalized spacial score (nSPS) is 26.4. The summed E-state index contributed by atoms with van der Waals surface area (Å²) in [6.45, 7) is 16.2. The number of nitrogens with one attached hydrogen (secondary N) is 1. The first-order valence-corrected chi connectivity index (χ1v) is 9.01. The molecule has 0 amide bonds. The van der Waals surface area contributed by atoms with Crippen molar-refractivity contribution in [3.05, 3.63) is 0 Å². The summed E-state index contributed by atoms with van der Waals surface area (Å²) in [6.07, 6.45) is 4.88. The van der Waals surface area contributed by atoms with E-state index in [0.29, 0.717) is 12.5 Å². The predicted octanol–water partition coefficient (Wildman–Crippen LogP) is 3.13. The molecule has 0 aromatic carbocycles. The molecule has 1 aliphatic rings. The summed E-state index contributed by atoms with van der Waals surface area (Å²) in [5, 5.41) is 13.5. The molecule has 1 aliphatic carbocycles. The minimum Gasteiger partial charge on any atom is -0.394 e. The first kappa shape index (κ1) is 18.9. The summed E-state index contributed by atoms with van der Waals surface area (Å²) in [5.41, 5.74) is -0.00389. The van der Waals surface area contributed by atoms with Gasteiger partial charge in [0.05, 0.1) is 6.61 Å². The van der Waals surface area contributed by atoms with Gasteiger partial charge >= 0.3 is 0 Å². The van der Waals surface area contributed by atoms with E-state index in [2.05, 4.69) is 44.8 Å². The summed E-state index contributed by atoms with van der Waals surface area (Å²) in [5.74, 6) is 2.08. The lowest BCUT2D eigenvalue weighted by atomic mass is 9.85. The van der Waals surface area contributed by atoms with Gasteiger partial charge in [-0.2, -0.15) is 0 Å². The van der Waals surface area contributed by atoms with Crippen LogP contribution in [0.3, 0.4) is 0 Å². The second kappa shape index (κ2) is 9.12. The molecule has 0 aromatic rings. The number of likely N-dealkylation sites (N-methyl/N-ethyl adjacent to an activating group) is 1. The Labute approximate surface area is 132 Å². The van der Waals surface area contributed by atoms with Crippen LogP contribution in [0.15, 0.2) is 0 Å². The smallest absolute Gasteiger partial charge is 0.0616 e. The first-order valence-electron chi connectivity index (χ1n) is 9.01. The molecule has 0 saturated heterocycles. The third-order valence-electron chi connectivity index (χ3n) is 4.81. The summed E-state index contributed by atoms with van der Waals surface area (Å²) < 4.78 is 0. The zero-order chi connectivity index (χ0) is 15.9. The molecule has 3 nitrogen and oxygen atoms in total. The van der Waals surface area contributed by atoms with Crippen molar-refractivity contribution in [3.8, 4) is 0 Å². The van der Waals surface area contributed by atoms with Gasteiger partial charge in [-0.1, -0.05) is 41.0 Å². The summed E-state index contributed by atoms with van der Waals surface area (Å²) in [6, 6.07) is 0. The molecule has 1 rings (SSSR count). The Morgan fingerprint density at radius 1 is 1.19 bits per heavy atom. The molecular formula is C18H38N2O. The van der Waals surface area contributed by atoms with Gasteiger partial charge in [0, 0.05) is 18.6 Å². The maximum absolute atomic E-state index is 9.90. The van der Waals surface area contributed by atoms with Crippen LogP contribution >= 0.6 is 0 Å². The van der Waals surface area contributed by atoms with Crippen molar-refractivity contribution in [1.29, 1.82) is 0 Å². The van der Waals surface area contributed by atoms with E-state index in [-0.39, 0.29) is 5.54 Å². The van der Waals surface area contributed by atoms with Crippen LogP contribution in [0.1, 0.15) is 60.3 Å². The van der Waals surface area contributed by atoms with Crippen molar-refractivity contribution in [3.63, 3.8) is 0 Å². The number of rotatable bonds is 10. The zero-order valence-electron chi connectivity index (χ0n) is 15.0. The largest absolute Gasteiger partial charge is 0.394 e. The average Bonchev–Trinajstić information content (AvgIpc) is 2.78. The van der Waals surface area contributed by atoms with Crippen molar-refractivity contribution in [2.75, 3.05) is 32.8 Å². The second-order valence-electron chi connectivity index (χ2n) is 7.77. The van der Waals surface area contributed by atoms with Crippen LogP contribution in [-0.4, -0.2) is 48.3 Å². The van der Waals surface area contributed by atoms with Crippen molar-refractivity contribution < 1.29 is 5.11 Å². The number of aliphatic hydroxyl groups is 1. The maximum atomic E-state index is 9.90. The first-order chi connectivity index (χ1) is 9.93. The number of aliphatic hydroxyl groups excluding tert-OH is 1. The van der Waals surface area contributed by atoms with Gasteiger partial charge in [-0.25, -0.2) is 0 Å². The molecule has 0 spiro atoms. The molecule has 3 heteroatoms. The molecule has 0 bridgehead atoms. The molecule has 0 aromatic heterocycles. The monoisotopic (exact) mass is 298 g/mol. The lowest BCUT2D eigenvalue weighted by Gasteiger charge is -2.36. The van der Waals surface area contributed by atoms with Gasteiger partial charge in [0.15, 0.2) is 0 Å². The Kier molecular flexibility index (Phi) is 8.22. The minimum absolute atomic E-state index is 0.00389.